The number of aromatic amines is 1. The third-order valence-corrected chi connectivity index (χ3v) is 2.08. The van der Waals surface area contributed by atoms with E-state index in [1.54, 1.807) is 20.8 Å². The van der Waals surface area contributed by atoms with Gasteiger partial charge in [0.15, 0.2) is 5.82 Å². The summed E-state index contributed by atoms with van der Waals surface area (Å²) in [6.45, 7) is 5.23. The number of H-pyrrole nitrogens is 1. The second kappa shape index (κ2) is 5.74. The number of methoxy groups -OCH3 is 1. The normalized spacial score (nSPS) is 14.5. The van der Waals surface area contributed by atoms with Crippen molar-refractivity contribution < 1.29 is 19.1 Å². The highest BCUT2D eigenvalue weighted by Gasteiger charge is 2.45. The number of nitrogens with zero attached hydrogens (tertiary/aromatic N) is 3. The molecule has 1 aromatic heterocycles. The van der Waals surface area contributed by atoms with Crippen LogP contribution in [0.3, 0.4) is 0 Å². The van der Waals surface area contributed by atoms with Crippen LogP contribution in [0.25, 0.3) is 0 Å². The SMILES string of the molecule is COC(=O)C(Cc1nn[nH]n1)(NC=O)OC(C)(C)C. The number of esters is 1. The molecule has 0 bridgehead atoms. The number of carbonyl (C=O) groups excluding carboxylic acids is 2. The summed E-state index contributed by atoms with van der Waals surface area (Å²) >= 11 is 0. The lowest BCUT2D eigenvalue weighted by atomic mass is 10.1. The quantitative estimate of drug-likeness (QED) is 0.394. The number of hydrogen-bond acceptors (Lipinski definition) is 7. The van der Waals surface area contributed by atoms with E-state index < -0.39 is 17.3 Å². The van der Waals surface area contributed by atoms with Crippen LogP contribution in [-0.2, 0) is 25.5 Å². The molecule has 9 heteroatoms. The Morgan fingerprint density at radius 1 is 1.47 bits per heavy atom. The van der Waals surface area contributed by atoms with Gasteiger partial charge in [0.2, 0.25) is 12.1 Å². The molecule has 0 saturated heterocycles. The van der Waals surface area contributed by atoms with E-state index in [1.165, 1.54) is 7.11 Å². The molecule has 1 rings (SSSR count). The smallest absolute Gasteiger partial charge is 0.360 e. The molecule has 1 amide bonds. The molecule has 1 aromatic rings. The largest absolute Gasteiger partial charge is 0.465 e. The first-order valence-electron chi connectivity index (χ1n) is 5.55. The van der Waals surface area contributed by atoms with Crippen molar-refractivity contribution in [3.05, 3.63) is 5.82 Å². The predicted molar refractivity (Wildman–Crippen MR) is 62.7 cm³/mol. The number of ether oxygens (including phenoxy) is 2. The summed E-state index contributed by atoms with van der Waals surface area (Å²) in [5, 5.41) is 15.5. The highest BCUT2D eigenvalue weighted by molar-refractivity contribution is 5.81. The topological polar surface area (TPSA) is 119 Å². The molecule has 1 atom stereocenters. The van der Waals surface area contributed by atoms with Crippen molar-refractivity contribution in [3.63, 3.8) is 0 Å². The zero-order valence-electron chi connectivity index (χ0n) is 11.3. The van der Waals surface area contributed by atoms with E-state index >= 15 is 0 Å². The van der Waals surface area contributed by atoms with Gasteiger partial charge >= 0.3 is 5.97 Å². The van der Waals surface area contributed by atoms with Gasteiger partial charge in [-0.1, -0.05) is 5.21 Å². The van der Waals surface area contributed by atoms with Crippen LogP contribution in [-0.4, -0.2) is 51.4 Å². The predicted octanol–water partition coefficient (Wildman–Crippen LogP) is -0.827. The average molecular weight is 271 g/mol. The molecule has 0 aliphatic carbocycles. The molecule has 1 unspecified atom stereocenters. The Hall–Kier alpha value is -2.03. The van der Waals surface area contributed by atoms with Gasteiger partial charge in [-0.2, -0.15) is 5.21 Å². The number of amides is 1. The Balaban J connectivity index is 3.10. The van der Waals surface area contributed by atoms with Crippen LogP contribution in [0.4, 0.5) is 0 Å². The van der Waals surface area contributed by atoms with Crippen molar-refractivity contribution in [3.8, 4) is 0 Å². The number of nitrogens with one attached hydrogen (secondary N) is 2. The van der Waals surface area contributed by atoms with Crippen molar-refractivity contribution in [2.24, 2.45) is 0 Å². The third-order valence-electron chi connectivity index (χ3n) is 2.08. The minimum absolute atomic E-state index is 0.105. The zero-order valence-corrected chi connectivity index (χ0v) is 11.3. The van der Waals surface area contributed by atoms with Gasteiger partial charge < -0.3 is 14.8 Å². The number of aromatic nitrogens is 4. The van der Waals surface area contributed by atoms with E-state index in [0.29, 0.717) is 6.41 Å². The highest BCUT2D eigenvalue weighted by Crippen LogP contribution is 2.22. The van der Waals surface area contributed by atoms with E-state index in [2.05, 4.69) is 25.9 Å². The van der Waals surface area contributed by atoms with Gasteiger partial charge in [-0.25, -0.2) is 4.79 Å². The number of hydrogen-bond donors (Lipinski definition) is 2. The highest BCUT2D eigenvalue weighted by atomic mass is 16.6. The zero-order chi connectivity index (χ0) is 14.5. The molecule has 0 aromatic carbocycles. The van der Waals surface area contributed by atoms with E-state index in [9.17, 15) is 9.59 Å². The summed E-state index contributed by atoms with van der Waals surface area (Å²) in [6.07, 6.45) is 0.259. The van der Waals surface area contributed by atoms with E-state index in [4.69, 9.17) is 9.47 Å². The first-order valence-corrected chi connectivity index (χ1v) is 5.55. The number of rotatable bonds is 6. The standard InChI is InChI=1S/C10H17N5O4/c1-9(2,3)19-10(11-6-16,8(17)18-4)5-7-12-14-15-13-7/h6H,5H2,1-4H3,(H,11,16)(H,12,13,14,15). The molecule has 2 N–H and O–H groups in total. The molecule has 19 heavy (non-hydrogen) atoms. The molecule has 9 nitrogen and oxygen atoms in total. The molecule has 0 aliphatic heterocycles. The van der Waals surface area contributed by atoms with Gasteiger partial charge in [-0.05, 0) is 20.8 Å². The van der Waals surface area contributed by atoms with Crippen LogP contribution in [0.15, 0.2) is 0 Å². The Labute approximate surface area is 110 Å². The first kappa shape index (κ1) is 15.0. The second-order valence-corrected chi connectivity index (χ2v) is 4.80. The summed E-state index contributed by atoms with van der Waals surface area (Å²) in [5.41, 5.74) is -2.40. The Morgan fingerprint density at radius 2 is 2.16 bits per heavy atom. The minimum atomic E-state index is -1.70. The third kappa shape index (κ3) is 3.98. The van der Waals surface area contributed by atoms with Crippen molar-refractivity contribution >= 4 is 12.4 Å². The van der Waals surface area contributed by atoms with Crippen LogP contribution < -0.4 is 5.32 Å². The molecule has 0 saturated carbocycles. The molecule has 0 aliphatic rings. The number of tetrazole rings is 1. The van der Waals surface area contributed by atoms with Crippen LogP contribution >= 0.6 is 0 Å². The minimum Gasteiger partial charge on any atom is -0.465 e. The van der Waals surface area contributed by atoms with Crippen LogP contribution in [0.5, 0.6) is 0 Å². The fraction of sp³-hybridized carbons (Fsp3) is 0.700. The Bertz CT molecular complexity index is 428. The van der Waals surface area contributed by atoms with Gasteiger partial charge in [0.25, 0.3) is 0 Å². The average Bonchev–Trinajstić information content (AvgIpc) is 2.78. The lowest BCUT2D eigenvalue weighted by molar-refractivity contribution is -0.195. The summed E-state index contributed by atoms with van der Waals surface area (Å²) in [4.78, 5) is 22.8. The van der Waals surface area contributed by atoms with Crippen LogP contribution in [0, 0.1) is 0 Å². The van der Waals surface area contributed by atoms with Crippen molar-refractivity contribution in [2.45, 2.75) is 38.5 Å². The van der Waals surface area contributed by atoms with Gasteiger partial charge in [-0.3, -0.25) is 4.79 Å². The van der Waals surface area contributed by atoms with Crippen molar-refractivity contribution in [2.75, 3.05) is 7.11 Å². The van der Waals surface area contributed by atoms with E-state index in [-0.39, 0.29) is 12.2 Å². The molecule has 106 valence electrons. The van der Waals surface area contributed by atoms with Gasteiger partial charge in [0.05, 0.1) is 19.1 Å². The Morgan fingerprint density at radius 3 is 2.58 bits per heavy atom. The van der Waals surface area contributed by atoms with E-state index in [1.807, 2.05) is 0 Å². The van der Waals surface area contributed by atoms with Gasteiger partial charge in [0.1, 0.15) is 0 Å². The van der Waals surface area contributed by atoms with Crippen LogP contribution in [0.1, 0.15) is 26.6 Å². The molecule has 1 heterocycles. The molecule has 0 radical (unpaired) electrons. The molecular formula is C10H17N5O4. The fourth-order valence-electron chi connectivity index (χ4n) is 1.55. The summed E-state index contributed by atoms with van der Waals surface area (Å²) < 4.78 is 10.3. The first-order chi connectivity index (χ1) is 8.83. The fourth-order valence-corrected chi connectivity index (χ4v) is 1.55. The maximum atomic E-state index is 12.0. The maximum absolute atomic E-state index is 12.0. The number of carbonyl (C=O) groups is 2. The molecule has 0 spiro atoms. The lowest BCUT2D eigenvalue weighted by Gasteiger charge is -2.35. The van der Waals surface area contributed by atoms with Crippen molar-refractivity contribution in [1.82, 2.24) is 25.9 Å². The Kier molecular flexibility index (Phi) is 4.54. The lowest BCUT2D eigenvalue weighted by Crippen LogP contribution is -2.59. The van der Waals surface area contributed by atoms with E-state index in [0.717, 1.165) is 0 Å². The monoisotopic (exact) mass is 271 g/mol. The molecular weight excluding hydrogens is 254 g/mol. The summed E-state index contributed by atoms with van der Waals surface area (Å²) in [7, 11) is 1.20. The van der Waals surface area contributed by atoms with Crippen molar-refractivity contribution in [1.29, 1.82) is 0 Å². The van der Waals surface area contributed by atoms with Gasteiger partial charge in [-0.15, -0.1) is 10.2 Å². The summed E-state index contributed by atoms with van der Waals surface area (Å²) in [6, 6.07) is 0. The van der Waals surface area contributed by atoms with Crippen LogP contribution in [0.2, 0.25) is 0 Å². The maximum Gasteiger partial charge on any atom is 0.360 e. The second-order valence-electron chi connectivity index (χ2n) is 4.80. The summed E-state index contributed by atoms with van der Waals surface area (Å²) in [5.74, 6) is -0.539. The molecule has 0 fully saturated rings. The van der Waals surface area contributed by atoms with Gasteiger partial charge in [0, 0.05) is 0 Å².